The van der Waals surface area contributed by atoms with Crippen LogP contribution in [-0.4, -0.2) is 33.8 Å². The Morgan fingerprint density at radius 2 is 2.21 bits per heavy atom. The second kappa shape index (κ2) is 6.43. The van der Waals surface area contributed by atoms with Crippen LogP contribution in [0.1, 0.15) is 54.4 Å². The summed E-state index contributed by atoms with van der Waals surface area (Å²) in [4.78, 5) is 12.8. The molecular weight excluding hydrogens is 262 g/mol. The van der Waals surface area contributed by atoms with Gasteiger partial charge in [0.05, 0.1) is 5.69 Å². The number of hydrogen-bond donors (Lipinski definition) is 2. The Kier molecular flexibility index (Phi) is 4.87. The summed E-state index contributed by atoms with van der Waals surface area (Å²) in [6.07, 6.45) is 3.30. The van der Waals surface area contributed by atoms with E-state index < -0.39 is 0 Å². The summed E-state index contributed by atoms with van der Waals surface area (Å²) in [6, 6.07) is 0. The molecule has 0 saturated heterocycles. The summed E-state index contributed by atoms with van der Waals surface area (Å²) in [5, 5.41) is 16.3. The predicted molar refractivity (Wildman–Crippen MR) is 74.2 cm³/mol. The molecule has 1 amide bonds. The summed E-state index contributed by atoms with van der Waals surface area (Å²) < 4.78 is 3.87. The van der Waals surface area contributed by atoms with Crippen molar-refractivity contribution in [2.24, 2.45) is 11.8 Å². The van der Waals surface area contributed by atoms with E-state index in [2.05, 4.69) is 14.9 Å². The third-order valence-corrected chi connectivity index (χ3v) is 4.58. The number of aliphatic hydroxyl groups is 1. The Balaban J connectivity index is 1.92. The highest BCUT2D eigenvalue weighted by Gasteiger charge is 2.27. The van der Waals surface area contributed by atoms with Crippen molar-refractivity contribution in [3.05, 3.63) is 10.6 Å². The number of aromatic nitrogens is 2. The van der Waals surface area contributed by atoms with E-state index in [4.69, 9.17) is 0 Å². The van der Waals surface area contributed by atoms with Crippen molar-refractivity contribution < 1.29 is 9.90 Å². The van der Waals surface area contributed by atoms with Gasteiger partial charge in [0.2, 0.25) is 0 Å². The topological polar surface area (TPSA) is 75.1 Å². The van der Waals surface area contributed by atoms with Crippen LogP contribution in [0, 0.1) is 11.8 Å². The molecule has 6 heteroatoms. The lowest BCUT2D eigenvalue weighted by Crippen LogP contribution is -2.31. The van der Waals surface area contributed by atoms with Crippen LogP contribution in [0.5, 0.6) is 0 Å². The molecular formula is C13H21N3O2S. The highest BCUT2D eigenvalue weighted by molar-refractivity contribution is 7.08. The van der Waals surface area contributed by atoms with Gasteiger partial charge < -0.3 is 10.4 Å². The van der Waals surface area contributed by atoms with Crippen molar-refractivity contribution in [2.75, 3.05) is 13.2 Å². The number of nitrogens with zero attached hydrogens (tertiary/aromatic N) is 2. The van der Waals surface area contributed by atoms with Crippen molar-refractivity contribution in [3.63, 3.8) is 0 Å². The van der Waals surface area contributed by atoms with Gasteiger partial charge in [-0.15, -0.1) is 5.10 Å². The summed E-state index contributed by atoms with van der Waals surface area (Å²) in [5.74, 6) is 0.861. The SMILES string of the molecule is CC(C)c1nnsc1C(=O)NCC1CCCC1CO. The second-order valence-electron chi connectivity index (χ2n) is 5.49. The molecule has 0 aromatic carbocycles. The lowest BCUT2D eigenvalue weighted by molar-refractivity contribution is 0.0940. The molecule has 1 aliphatic carbocycles. The van der Waals surface area contributed by atoms with Gasteiger partial charge in [-0.3, -0.25) is 4.79 Å². The first-order valence-corrected chi connectivity index (χ1v) is 7.62. The minimum absolute atomic E-state index is 0.0812. The molecule has 1 heterocycles. The van der Waals surface area contributed by atoms with Gasteiger partial charge >= 0.3 is 0 Å². The number of hydrogen-bond acceptors (Lipinski definition) is 5. The van der Waals surface area contributed by atoms with Gasteiger partial charge in [-0.1, -0.05) is 24.8 Å². The number of carbonyl (C=O) groups is 1. The molecule has 5 nitrogen and oxygen atoms in total. The summed E-state index contributed by atoms with van der Waals surface area (Å²) in [7, 11) is 0. The average molecular weight is 283 g/mol. The van der Waals surface area contributed by atoms with Gasteiger partial charge in [-0.05, 0) is 42.1 Å². The minimum Gasteiger partial charge on any atom is -0.396 e. The smallest absolute Gasteiger partial charge is 0.264 e. The molecule has 2 rings (SSSR count). The molecule has 2 atom stereocenters. The van der Waals surface area contributed by atoms with Crippen LogP contribution in [0.4, 0.5) is 0 Å². The number of rotatable bonds is 5. The summed E-state index contributed by atoms with van der Waals surface area (Å²) >= 11 is 1.15. The van der Waals surface area contributed by atoms with Crippen LogP contribution in [0.25, 0.3) is 0 Å². The molecule has 0 bridgehead atoms. The van der Waals surface area contributed by atoms with E-state index in [1.807, 2.05) is 13.8 Å². The third kappa shape index (κ3) is 3.30. The molecule has 1 aromatic heterocycles. The Morgan fingerprint density at radius 3 is 2.89 bits per heavy atom. The van der Waals surface area contributed by atoms with Gasteiger partial charge in [-0.25, -0.2) is 0 Å². The van der Waals surface area contributed by atoms with Crippen LogP contribution in [-0.2, 0) is 0 Å². The van der Waals surface area contributed by atoms with Gasteiger partial charge in [0.15, 0.2) is 0 Å². The van der Waals surface area contributed by atoms with Gasteiger partial charge in [-0.2, -0.15) is 0 Å². The largest absolute Gasteiger partial charge is 0.396 e. The Morgan fingerprint density at radius 1 is 1.47 bits per heavy atom. The molecule has 1 aliphatic rings. The van der Waals surface area contributed by atoms with E-state index in [1.165, 1.54) is 0 Å². The maximum atomic E-state index is 12.1. The molecule has 19 heavy (non-hydrogen) atoms. The number of carbonyl (C=O) groups excluding carboxylic acids is 1. The fourth-order valence-electron chi connectivity index (χ4n) is 2.66. The monoisotopic (exact) mass is 283 g/mol. The van der Waals surface area contributed by atoms with Gasteiger partial charge in [0.25, 0.3) is 5.91 Å². The van der Waals surface area contributed by atoms with Crippen LogP contribution in [0.2, 0.25) is 0 Å². The normalized spacial score (nSPS) is 22.9. The molecule has 1 aromatic rings. The number of nitrogens with one attached hydrogen (secondary N) is 1. The molecule has 2 N–H and O–H groups in total. The van der Waals surface area contributed by atoms with Crippen molar-refractivity contribution in [1.29, 1.82) is 0 Å². The quantitative estimate of drug-likeness (QED) is 0.864. The maximum absolute atomic E-state index is 12.1. The number of aliphatic hydroxyl groups excluding tert-OH is 1. The first-order chi connectivity index (χ1) is 9.13. The van der Waals surface area contributed by atoms with Crippen LogP contribution >= 0.6 is 11.5 Å². The zero-order valence-electron chi connectivity index (χ0n) is 11.4. The van der Waals surface area contributed by atoms with Crippen LogP contribution in [0.15, 0.2) is 0 Å². The van der Waals surface area contributed by atoms with Crippen LogP contribution in [0.3, 0.4) is 0 Å². The Labute approximate surface area is 117 Å². The van der Waals surface area contributed by atoms with Gasteiger partial charge in [0, 0.05) is 13.2 Å². The Bertz CT molecular complexity index is 433. The zero-order chi connectivity index (χ0) is 13.8. The van der Waals surface area contributed by atoms with Crippen molar-refractivity contribution in [2.45, 2.75) is 39.0 Å². The molecule has 2 unspecified atom stereocenters. The number of amides is 1. The fraction of sp³-hybridized carbons (Fsp3) is 0.769. The van der Waals surface area contributed by atoms with E-state index in [0.29, 0.717) is 23.3 Å². The molecule has 1 fully saturated rings. The highest BCUT2D eigenvalue weighted by Crippen LogP contribution is 2.30. The van der Waals surface area contributed by atoms with E-state index in [-0.39, 0.29) is 18.4 Å². The highest BCUT2D eigenvalue weighted by atomic mass is 32.1. The standard InChI is InChI=1S/C13H21N3O2S/c1-8(2)11-12(19-16-15-11)13(18)14-6-9-4-3-5-10(9)7-17/h8-10,17H,3-7H2,1-2H3,(H,14,18). The maximum Gasteiger partial charge on any atom is 0.264 e. The van der Waals surface area contributed by atoms with E-state index in [1.54, 1.807) is 0 Å². The van der Waals surface area contributed by atoms with Crippen molar-refractivity contribution in [3.8, 4) is 0 Å². The first-order valence-electron chi connectivity index (χ1n) is 6.84. The fourth-order valence-corrected chi connectivity index (χ4v) is 3.40. The van der Waals surface area contributed by atoms with E-state index in [9.17, 15) is 9.90 Å². The molecule has 1 saturated carbocycles. The van der Waals surface area contributed by atoms with Crippen molar-refractivity contribution >= 4 is 17.4 Å². The van der Waals surface area contributed by atoms with E-state index >= 15 is 0 Å². The predicted octanol–water partition coefficient (Wildman–Crippen LogP) is 1.80. The molecule has 0 aliphatic heterocycles. The lowest BCUT2D eigenvalue weighted by Gasteiger charge is -2.17. The molecule has 106 valence electrons. The molecule has 0 spiro atoms. The molecule has 0 radical (unpaired) electrons. The third-order valence-electron chi connectivity index (χ3n) is 3.84. The van der Waals surface area contributed by atoms with Gasteiger partial charge in [0.1, 0.15) is 4.88 Å². The lowest BCUT2D eigenvalue weighted by atomic mass is 9.97. The average Bonchev–Trinajstić information content (AvgIpc) is 3.04. The van der Waals surface area contributed by atoms with Crippen LogP contribution < -0.4 is 5.32 Å². The van der Waals surface area contributed by atoms with Crippen molar-refractivity contribution in [1.82, 2.24) is 14.9 Å². The zero-order valence-corrected chi connectivity index (χ0v) is 12.2. The van der Waals surface area contributed by atoms with E-state index in [0.717, 1.165) is 36.5 Å². The first kappa shape index (κ1) is 14.4. The summed E-state index contributed by atoms with van der Waals surface area (Å²) in [6.45, 7) is 4.87. The Hall–Kier alpha value is -1.01. The summed E-state index contributed by atoms with van der Waals surface area (Å²) in [5.41, 5.74) is 0.771. The minimum atomic E-state index is -0.0812. The second-order valence-corrected chi connectivity index (χ2v) is 6.24.